The number of rotatable bonds is 5. The molecule has 0 unspecified atom stereocenters. The van der Waals surface area contributed by atoms with Crippen LogP contribution in [0.5, 0.6) is 0 Å². The molecule has 108 valence electrons. The number of nitrogens with one attached hydrogen (secondary N) is 1. The zero-order valence-electron chi connectivity index (χ0n) is 11.0. The number of anilines is 2. The third-order valence-corrected chi connectivity index (χ3v) is 4.61. The van der Waals surface area contributed by atoms with Crippen LogP contribution in [0.25, 0.3) is 0 Å². The first-order chi connectivity index (χ1) is 9.36. The summed E-state index contributed by atoms with van der Waals surface area (Å²) in [6, 6.07) is 4.40. The molecular weight excluding hydrogens is 296 g/mol. The molecule has 0 atom stereocenters. The number of aromatic nitrogens is 1. The van der Waals surface area contributed by atoms with Crippen molar-refractivity contribution in [2.45, 2.75) is 18.2 Å². The van der Waals surface area contributed by atoms with Gasteiger partial charge >= 0.3 is 0 Å². The van der Waals surface area contributed by atoms with E-state index in [1.54, 1.807) is 17.4 Å². The van der Waals surface area contributed by atoms with Gasteiger partial charge in [-0.05, 0) is 25.1 Å². The molecule has 0 aliphatic carbocycles. The summed E-state index contributed by atoms with van der Waals surface area (Å²) in [7, 11) is -3.72. The predicted octanol–water partition coefficient (Wildman–Crippen LogP) is 1.34. The molecule has 0 spiro atoms. The normalized spacial score (nSPS) is 11.5. The second kappa shape index (κ2) is 5.78. The summed E-state index contributed by atoms with van der Waals surface area (Å²) < 4.78 is 22.4. The number of nitrogens with two attached hydrogens (primary N) is 2. The first kappa shape index (κ1) is 14.8. The maximum atomic E-state index is 11.2. The third kappa shape index (κ3) is 3.69. The highest BCUT2D eigenvalue weighted by Gasteiger charge is 2.09. The molecule has 0 bridgehead atoms. The maximum Gasteiger partial charge on any atom is 0.238 e. The lowest BCUT2D eigenvalue weighted by Crippen LogP contribution is -2.13. The smallest absolute Gasteiger partial charge is 0.238 e. The fourth-order valence-electron chi connectivity index (χ4n) is 1.70. The zero-order valence-corrected chi connectivity index (χ0v) is 12.6. The van der Waals surface area contributed by atoms with E-state index in [1.807, 2.05) is 12.3 Å². The van der Waals surface area contributed by atoms with Gasteiger partial charge < -0.3 is 11.1 Å². The molecule has 0 radical (unpaired) electrons. The number of nitrogen functional groups attached to an aromatic ring is 1. The van der Waals surface area contributed by atoms with Crippen molar-refractivity contribution < 1.29 is 8.42 Å². The summed E-state index contributed by atoms with van der Waals surface area (Å²) in [5, 5.41) is 11.3. The van der Waals surface area contributed by atoms with E-state index in [9.17, 15) is 8.42 Å². The highest BCUT2D eigenvalue weighted by atomic mass is 32.2. The number of hydrogen-bond acceptors (Lipinski definition) is 6. The molecule has 1 heterocycles. The van der Waals surface area contributed by atoms with E-state index in [4.69, 9.17) is 10.9 Å². The summed E-state index contributed by atoms with van der Waals surface area (Å²) in [4.78, 5) is 4.37. The van der Waals surface area contributed by atoms with Crippen molar-refractivity contribution in [2.24, 2.45) is 5.14 Å². The first-order valence-corrected chi connectivity index (χ1v) is 8.36. The molecule has 0 aliphatic heterocycles. The molecule has 1 aromatic heterocycles. The first-order valence-electron chi connectivity index (χ1n) is 5.93. The van der Waals surface area contributed by atoms with Gasteiger partial charge in [0, 0.05) is 24.0 Å². The highest BCUT2D eigenvalue weighted by molar-refractivity contribution is 7.89. The number of primary sulfonamides is 1. The highest BCUT2D eigenvalue weighted by Crippen LogP contribution is 2.22. The Balaban J connectivity index is 2.00. The zero-order chi connectivity index (χ0) is 14.8. The standard InChI is InChI=1S/C12H16N4O2S2/c1-8-7-19-12(16-8)4-5-15-11-3-2-9(6-10(11)13)20(14,17)18/h2-3,6-7,15H,4-5,13H2,1H3,(H2,14,17,18). The van der Waals surface area contributed by atoms with Crippen LogP contribution < -0.4 is 16.2 Å². The number of sulfonamides is 1. The monoisotopic (exact) mass is 312 g/mol. The average molecular weight is 312 g/mol. The van der Waals surface area contributed by atoms with E-state index in [1.165, 1.54) is 12.1 Å². The lowest BCUT2D eigenvalue weighted by Gasteiger charge is -2.09. The summed E-state index contributed by atoms with van der Waals surface area (Å²) in [6.45, 7) is 2.63. The summed E-state index contributed by atoms with van der Waals surface area (Å²) in [6.07, 6.45) is 0.787. The van der Waals surface area contributed by atoms with Crippen LogP contribution in [0.2, 0.25) is 0 Å². The Kier molecular flexibility index (Phi) is 4.26. The van der Waals surface area contributed by atoms with Crippen molar-refractivity contribution >= 4 is 32.7 Å². The van der Waals surface area contributed by atoms with E-state index in [-0.39, 0.29) is 4.90 Å². The van der Waals surface area contributed by atoms with Gasteiger partial charge in [-0.1, -0.05) is 0 Å². The minimum atomic E-state index is -3.72. The Morgan fingerprint density at radius 3 is 2.70 bits per heavy atom. The van der Waals surface area contributed by atoms with Crippen LogP contribution in [0.3, 0.4) is 0 Å². The van der Waals surface area contributed by atoms with Crippen molar-refractivity contribution in [3.63, 3.8) is 0 Å². The molecule has 0 saturated heterocycles. The van der Waals surface area contributed by atoms with E-state index in [0.717, 1.165) is 17.1 Å². The van der Waals surface area contributed by atoms with Crippen molar-refractivity contribution in [3.8, 4) is 0 Å². The molecule has 0 fully saturated rings. The lowest BCUT2D eigenvalue weighted by atomic mass is 10.2. The molecule has 20 heavy (non-hydrogen) atoms. The van der Waals surface area contributed by atoms with Crippen molar-refractivity contribution in [1.29, 1.82) is 0 Å². The summed E-state index contributed by atoms with van der Waals surface area (Å²) in [5.74, 6) is 0. The summed E-state index contributed by atoms with van der Waals surface area (Å²) >= 11 is 1.62. The van der Waals surface area contributed by atoms with Crippen LogP contribution in [0.15, 0.2) is 28.5 Å². The maximum absolute atomic E-state index is 11.2. The summed E-state index contributed by atoms with van der Waals surface area (Å²) in [5.41, 5.74) is 7.86. The van der Waals surface area contributed by atoms with Crippen molar-refractivity contribution in [2.75, 3.05) is 17.6 Å². The SMILES string of the molecule is Cc1csc(CCNc2ccc(S(N)(=O)=O)cc2N)n1. The fraction of sp³-hybridized carbons (Fsp3) is 0.250. The molecule has 2 rings (SSSR count). The van der Waals surface area contributed by atoms with E-state index < -0.39 is 10.0 Å². The number of thiazole rings is 1. The minimum Gasteiger partial charge on any atom is -0.397 e. The van der Waals surface area contributed by atoms with Gasteiger partial charge in [-0.25, -0.2) is 18.5 Å². The van der Waals surface area contributed by atoms with Crippen molar-refractivity contribution in [3.05, 3.63) is 34.3 Å². The largest absolute Gasteiger partial charge is 0.397 e. The van der Waals surface area contributed by atoms with Gasteiger partial charge in [0.15, 0.2) is 0 Å². The van der Waals surface area contributed by atoms with Crippen LogP contribution in [0, 0.1) is 6.92 Å². The Morgan fingerprint density at radius 2 is 2.15 bits per heavy atom. The Morgan fingerprint density at radius 1 is 1.40 bits per heavy atom. The van der Waals surface area contributed by atoms with Gasteiger partial charge in [-0.2, -0.15) is 0 Å². The number of hydrogen-bond donors (Lipinski definition) is 3. The molecule has 0 saturated carbocycles. The topological polar surface area (TPSA) is 111 Å². The van der Waals surface area contributed by atoms with Crippen LogP contribution in [-0.2, 0) is 16.4 Å². The minimum absolute atomic E-state index is 0.0103. The molecule has 0 aliphatic rings. The number of nitrogens with zero attached hydrogens (tertiary/aromatic N) is 1. The van der Waals surface area contributed by atoms with Gasteiger partial charge in [0.1, 0.15) is 0 Å². The third-order valence-electron chi connectivity index (χ3n) is 2.67. The van der Waals surface area contributed by atoms with Crippen LogP contribution in [-0.4, -0.2) is 19.9 Å². The van der Waals surface area contributed by atoms with Gasteiger partial charge in [-0.3, -0.25) is 0 Å². The molecule has 8 heteroatoms. The van der Waals surface area contributed by atoms with Gasteiger partial charge in [0.2, 0.25) is 10.0 Å². The van der Waals surface area contributed by atoms with E-state index in [0.29, 0.717) is 17.9 Å². The number of benzene rings is 1. The van der Waals surface area contributed by atoms with Crippen LogP contribution >= 0.6 is 11.3 Å². The van der Waals surface area contributed by atoms with Gasteiger partial charge in [0.05, 0.1) is 21.3 Å². The van der Waals surface area contributed by atoms with E-state index in [2.05, 4.69) is 10.3 Å². The van der Waals surface area contributed by atoms with Gasteiger partial charge in [0.25, 0.3) is 0 Å². The molecule has 2 aromatic rings. The van der Waals surface area contributed by atoms with E-state index >= 15 is 0 Å². The Hall–Kier alpha value is -1.64. The fourth-order valence-corrected chi connectivity index (χ4v) is 3.03. The second-order valence-corrected chi connectivity index (χ2v) is 6.86. The Labute approximate surface area is 121 Å². The second-order valence-electron chi connectivity index (χ2n) is 4.35. The quantitative estimate of drug-likeness (QED) is 0.721. The van der Waals surface area contributed by atoms with Crippen molar-refractivity contribution in [1.82, 2.24) is 4.98 Å². The van der Waals surface area contributed by atoms with Crippen LogP contribution in [0.1, 0.15) is 10.7 Å². The molecule has 5 N–H and O–H groups in total. The van der Waals surface area contributed by atoms with Gasteiger partial charge in [-0.15, -0.1) is 11.3 Å². The van der Waals surface area contributed by atoms with Crippen LogP contribution in [0.4, 0.5) is 11.4 Å². The molecule has 1 aromatic carbocycles. The average Bonchev–Trinajstić information content (AvgIpc) is 2.76. The Bertz CT molecular complexity index is 710. The molecule has 0 amide bonds. The molecule has 6 nitrogen and oxygen atoms in total. The lowest BCUT2D eigenvalue weighted by molar-refractivity contribution is 0.598. The number of aryl methyl sites for hydroxylation is 1. The molecular formula is C12H16N4O2S2. The predicted molar refractivity (Wildman–Crippen MR) is 81.3 cm³/mol.